The fourth-order valence-electron chi connectivity index (χ4n) is 2.77. The third-order valence-corrected chi connectivity index (χ3v) is 5.67. The summed E-state index contributed by atoms with van der Waals surface area (Å²) < 4.78 is 27.9. The molecule has 0 heterocycles. The second-order valence-electron chi connectivity index (χ2n) is 5.42. The zero-order chi connectivity index (χ0) is 13.9. The van der Waals surface area contributed by atoms with Gasteiger partial charge in [0.25, 0.3) is 0 Å². The molecule has 0 saturated heterocycles. The zero-order valence-corrected chi connectivity index (χ0v) is 12.2. The highest BCUT2D eigenvalue weighted by molar-refractivity contribution is 7.89. The van der Waals surface area contributed by atoms with E-state index in [1.54, 1.807) is 12.1 Å². The Bertz CT molecular complexity index is 534. The van der Waals surface area contributed by atoms with Crippen LogP contribution in [0.25, 0.3) is 0 Å². The molecule has 1 saturated carbocycles. The van der Waals surface area contributed by atoms with E-state index in [4.69, 9.17) is 5.73 Å². The molecular weight excluding hydrogens is 260 g/mol. The predicted molar refractivity (Wildman–Crippen MR) is 76.4 cm³/mol. The third kappa shape index (κ3) is 3.16. The van der Waals surface area contributed by atoms with Crippen LogP contribution in [-0.4, -0.2) is 20.5 Å². The molecule has 0 bridgehead atoms. The minimum absolute atomic E-state index is 0.355. The first-order chi connectivity index (χ1) is 8.99. The van der Waals surface area contributed by atoms with Gasteiger partial charge in [0.15, 0.2) is 0 Å². The van der Waals surface area contributed by atoms with Crippen molar-refractivity contribution in [1.82, 2.24) is 4.72 Å². The van der Waals surface area contributed by atoms with Crippen molar-refractivity contribution in [2.24, 2.45) is 5.73 Å². The van der Waals surface area contributed by atoms with E-state index in [-0.39, 0.29) is 0 Å². The molecule has 106 valence electrons. The van der Waals surface area contributed by atoms with Gasteiger partial charge in [-0.3, -0.25) is 0 Å². The van der Waals surface area contributed by atoms with Gasteiger partial charge in [-0.05, 0) is 31.4 Å². The van der Waals surface area contributed by atoms with Gasteiger partial charge >= 0.3 is 0 Å². The molecule has 0 amide bonds. The first-order valence-corrected chi connectivity index (χ1v) is 8.27. The smallest absolute Gasteiger partial charge is 0.241 e. The third-order valence-electron chi connectivity index (χ3n) is 3.94. The largest absolute Gasteiger partial charge is 0.329 e. The van der Waals surface area contributed by atoms with Gasteiger partial charge in [-0.2, -0.15) is 0 Å². The first-order valence-electron chi connectivity index (χ1n) is 6.79. The molecule has 1 fully saturated rings. The lowest BCUT2D eigenvalue weighted by atomic mass is 9.83. The first kappa shape index (κ1) is 14.5. The number of nitrogens with one attached hydrogen (secondary N) is 1. The fourth-order valence-corrected chi connectivity index (χ4v) is 4.49. The minimum atomic E-state index is -3.49. The van der Waals surface area contributed by atoms with E-state index in [0.29, 0.717) is 11.4 Å². The van der Waals surface area contributed by atoms with Crippen molar-refractivity contribution < 1.29 is 8.42 Å². The number of benzene rings is 1. The van der Waals surface area contributed by atoms with Gasteiger partial charge in [-0.15, -0.1) is 0 Å². The summed E-state index contributed by atoms with van der Waals surface area (Å²) in [4.78, 5) is 0.355. The highest BCUT2D eigenvalue weighted by Gasteiger charge is 2.35. The van der Waals surface area contributed by atoms with Crippen molar-refractivity contribution in [2.75, 3.05) is 6.54 Å². The summed E-state index contributed by atoms with van der Waals surface area (Å²) in [7, 11) is -3.49. The van der Waals surface area contributed by atoms with E-state index in [2.05, 4.69) is 4.72 Å². The normalized spacial score (nSPS) is 19.3. The van der Waals surface area contributed by atoms with Crippen molar-refractivity contribution in [2.45, 2.75) is 49.5 Å². The maximum Gasteiger partial charge on any atom is 0.241 e. The molecule has 3 N–H and O–H groups in total. The molecule has 1 aromatic rings. The van der Waals surface area contributed by atoms with Crippen LogP contribution in [-0.2, 0) is 10.0 Å². The van der Waals surface area contributed by atoms with Crippen molar-refractivity contribution >= 4 is 10.0 Å². The molecule has 1 aliphatic rings. The van der Waals surface area contributed by atoms with Crippen molar-refractivity contribution in [3.8, 4) is 0 Å². The monoisotopic (exact) mass is 282 g/mol. The standard InChI is InChI=1S/C14H22N2O2S/c1-12-7-3-4-8-13(12)19(17,18)16-14(11-15)9-5-2-6-10-14/h3-4,7-8,16H,2,5-6,9-11,15H2,1H3. The summed E-state index contributed by atoms with van der Waals surface area (Å²) in [6.45, 7) is 2.17. The van der Waals surface area contributed by atoms with E-state index in [1.807, 2.05) is 19.1 Å². The van der Waals surface area contributed by atoms with Crippen LogP contribution in [0.2, 0.25) is 0 Å². The Morgan fingerprint density at radius 1 is 1.21 bits per heavy atom. The highest BCUT2D eigenvalue weighted by atomic mass is 32.2. The van der Waals surface area contributed by atoms with E-state index in [9.17, 15) is 8.42 Å². The molecule has 19 heavy (non-hydrogen) atoms. The van der Waals surface area contributed by atoms with E-state index < -0.39 is 15.6 Å². The van der Waals surface area contributed by atoms with Gasteiger partial charge in [0.1, 0.15) is 0 Å². The van der Waals surface area contributed by atoms with Gasteiger partial charge in [0, 0.05) is 12.1 Å². The van der Waals surface area contributed by atoms with E-state index in [0.717, 1.165) is 37.7 Å². The number of hydrogen-bond acceptors (Lipinski definition) is 3. The second-order valence-corrected chi connectivity index (χ2v) is 7.07. The van der Waals surface area contributed by atoms with Crippen LogP contribution in [0.4, 0.5) is 0 Å². The highest BCUT2D eigenvalue weighted by Crippen LogP contribution is 2.29. The minimum Gasteiger partial charge on any atom is -0.329 e. The maximum absolute atomic E-state index is 12.5. The van der Waals surface area contributed by atoms with Crippen molar-refractivity contribution in [3.63, 3.8) is 0 Å². The van der Waals surface area contributed by atoms with Crippen molar-refractivity contribution in [3.05, 3.63) is 29.8 Å². The molecule has 0 unspecified atom stereocenters. The van der Waals surface area contributed by atoms with Gasteiger partial charge in [0.05, 0.1) is 4.90 Å². The van der Waals surface area contributed by atoms with Crippen LogP contribution in [0.3, 0.4) is 0 Å². The summed E-state index contributed by atoms with van der Waals surface area (Å²) in [5, 5.41) is 0. The van der Waals surface area contributed by atoms with Gasteiger partial charge < -0.3 is 5.73 Å². The van der Waals surface area contributed by atoms with E-state index in [1.165, 1.54) is 0 Å². The Hall–Kier alpha value is -0.910. The molecule has 0 aromatic heterocycles. The zero-order valence-electron chi connectivity index (χ0n) is 11.4. The van der Waals surface area contributed by atoms with Crippen LogP contribution in [0.1, 0.15) is 37.7 Å². The molecule has 1 aliphatic carbocycles. The quantitative estimate of drug-likeness (QED) is 0.886. The van der Waals surface area contributed by atoms with Crippen LogP contribution in [0.5, 0.6) is 0 Å². The Kier molecular flexibility index (Phi) is 4.28. The van der Waals surface area contributed by atoms with Crippen LogP contribution >= 0.6 is 0 Å². The molecular formula is C14H22N2O2S. The summed E-state index contributed by atoms with van der Waals surface area (Å²) in [5.74, 6) is 0. The summed E-state index contributed by atoms with van der Waals surface area (Å²) in [5.41, 5.74) is 6.14. The van der Waals surface area contributed by atoms with Gasteiger partial charge in [0.2, 0.25) is 10.0 Å². The molecule has 2 rings (SSSR count). The fraction of sp³-hybridized carbons (Fsp3) is 0.571. The molecule has 0 radical (unpaired) electrons. The number of hydrogen-bond donors (Lipinski definition) is 2. The second kappa shape index (κ2) is 5.61. The number of sulfonamides is 1. The lowest BCUT2D eigenvalue weighted by molar-refractivity contribution is 0.276. The molecule has 5 heteroatoms. The maximum atomic E-state index is 12.5. The molecule has 4 nitrogen and oxygen atoms in total. The average molecular weight is 282 g/mol. The van der Waals surface area contributed by atoms with E-state index >= 15 is 0 Å². The Morgan fingerprint density at radius 3 is 2.42 bits per heavy atom. The lowest BCUT2D eigenvalue weighted by Gasteiger charge is -2.36. The number of rotatable bonds is 4. The Labute approximate surface area is 115 Å². The van der Waals surface area contributed by atoms with Crippen LogP contribution < -0.4 is 10.5 Å². The van der Waals surface area contributed by atoms with Crippen LogP contribution in [0, 0.1) is 6.92 Å². The molecule has 0 spiro atoms. The summed E-state index contributed by atoms with van der Waals surface area (Å²) in [6, 6.07) is 7.04. The van der Waals surface area contributed by atoms with Crippen LogP contribution in [0.15, 0.2) is 29.2 Å². The lowest BCUT2D eigenvalue weighted by Crippen LogP contribution is -2.54. The molecule has 0 atom stereocenters. The Morgan fingerprint density at radius 2 is 1.84 bits per heavy atom. The molecule has 1 aromatic carbocycles. The number of nitrogens with two attached hydrogens (primary N) is 1. The van der Waals surface area contributed by atoms with Crippen molar-refractivity contribution in [1.29, 1.82) is 0 Å². The SMILES string of the molecule is Cc1ccccc1S(=O)(=O)NC1(CN)CCCCC1. The summed E-state index contributed by atoms with van der Waals surface area (Å²) in [6.07, 6.45) is 4.89. The Balaban J connectivity index is 2.28. The van der Waals surface area contributed by atoms with Gasteiger partial charge in [-0.1, -0.05) is 37.5 Å². The average Bonchev–Trinajstić information content (AvgIpc) is 2.39. The predicted octanol–water partition coefficient (Wildman–Crippen LogP) is 1.93. The topological polar surface area (TPSA) is 72.2 Å². The van der Waals surface area contributed by atoms with Gasteiger partial charge in [-0.25, -0.2) is 13.1 Å². The summed E-state index contributed by atoms with van der Waals surface area (Å²) >= 11 is 0. The molecule has 0 aliphatic heterocycles. The number of aryl methyl sites for hydroxylation is 1.